The second kappa shape index (κ2) is 8.79. The fourth-order valence-electron chi connectivity index (χ4n) is 2.49. The van der Waals surface area contributed by atoms with Crippen molar-refractivity contribution in [2.75, 3.05) is 5.32 Å². The maximum atomic E-state index is 12.6. The number of ether oxygens (including phenoxy) is 1. The van der Waals surface area contributed by atoms with E-state index in [0.29, 0.717) is 12.2 Å². The lowest BCUT2D eigenvalue weighted by Crippen LogP contribution is -2.27. The largest absolute Gasteiger partial charge is 0.456 e. The molecule has 1 aromatic carbocycles. The molecule has 144 valence electrons. The third-order valence-electron chi connectivity index (χ3n) is 4.07. The van der Waals surface area contributed by atoms with Crippen LogP contribution in [0.15, 0.2) is 58.1 Å². The summed E-state index contributed by atoms with van der Waals surface area (Å²) in [5.74, 6) is -0.601. The van der Waals surface area contributed by atoms with Gasteiger partial charge in [0.1, 0.15) is 12.3 Å². The van der Waals surface area contributed by atoms with Gasteiger partial charge < -0.3 is 10.1 Å². The molecule has 2 aromatic heterocycles. The number of rotatable bonds is 6. The standard InChI is InChI=1S/C20H19BrN4O3/c1-3-25-19(26)16(23-18-11-22-9-8-13(18)2)10-17(24-25)20(27)28-12-14-4-6-15(21)7-5-14/h4-11,23H,3,12H2,1-2H3. The first-order valence-corrected chi connectivity index (χ1v) is 9.48. The summed E-state index contributed by atoms with van der Waals surface area (Å²) in [5, 5.41) is 7.15. The highest BCUT2D eigenvalue weighted by molar-refractivity contribution is 9.10. The van der Waals surface area contributed by atoms with Crippen molar-refractivity contribution in [2.24, 2.45) is 0 Å². The van der Waals surface area contributed by atoms with Crippen molar-refractivity contribution in [1.82, 2.24) is 14.8 Å². The Labute approximate surface area is 170 Å². The van der Waals surface area contributed by atoms with Crippen LogP contribution < -0.4 is 10.9 Å². The molecule has 8 heteroatoms. The van der Waals surface area contributed by atoms with E-state index in [1.54, 1.807) is 19.3 Å². The number of halogens is 1. The number of carbonyl (C=O) groups excluding carboxylic acids is 1. The molecular formula is C20H19BrN4O3. The van der Waals surface area contributed by atoms with E-state index < -0.39 is 5.97 Å². The van der Waals surface area contributed by atoms with Gasteiger partial charge in [-0.1, -0.05) is 28.1 Å². The van der Waals surface area contributed by atoms with Gasteiger partial charge in [-0.25, -0.2) is 9.48 Å². The number of nitrogens with zero attached hydrogens (tertiary/aromatic N) is 3. The van der Waals surface area contributed by atoms with E-state index in [-0.39, 0.29) is 23.5 Å². The Bertz CT molecular complexity index is 1050. The van der Waals surface area contributed by atoms with Crippen molar-refractivity contribution in [2.45, 2.75) is 27.0 Å². The molecule has 7 nitrogen and oxygen atoms in total. The number of hydrogen-bond donors (Lipinski definition) is 1. The summed E-state index contributed by atoms with van der Waals surface area (Å²) in [4.78, 5) is 29.1. The highest BCUT2D eigenvalue weighted by Crippen LogP contribution is 2.17. The Morgan fingerprint density at radius 2 is 1.96 bits per heavy atom. The normalized spacial score (nSPS) is 10.5. The second-order valence-electron chi connectivity index (χ2n) is 6.08. The Morgan fingerprint density at radius 1 is 1.21 bits per heavy atom. The zero-order valence-corrected chi connectivity index (χ0v) is 17.1. The molecule has 0 spiro atoms. The van der Waals surface area contributed by atoms with Gasteiger partial charge >= 0.3 is 5.97 Å². The van der Waals surface area contributed by atoms with Gasteiger partial charge in [-0.15, -0.1) is 0 Å². The van der Waals surface area contributed by atoms with Crippen LogP contribution in [0.5, 0.6) is 0 Å². The Hall–Kier alpha value is -3.00. The van der Waals surface area contributed by atoms with E-state index in [1.165, 1.54) is 10.7 Å². The molecule has 0 fully saturated rings. The lowest BCUT2D eigenvalue weighted by atomic mass is 10.2. The third-order valence-corrected chi connectivity index (χ3v) is 4.60. The van der Waals surface area contributed by atoms with Crippen LogP contribution in [-0.4, -0.2) is 20.7 Å². The maximum absolute atomic E-state index is 12.6. The van der Waals surface area contributed by atoms with Gasteiger partial charge in [0.05, 0.1) is 11.9 Å². The van der Waals surface area contributed by atoms with Crippen LogP contribution in [-0.2, 0) is 17.9 Å². The zero-order valence-electron chi connectivity index (χ0n) is 15.5. The second-order valence-corrected chi connectivity index (χ2v) is 7.00. The van der Waals surface area contributed by atoms with Crippen molar-refractivity contribution in [3.8, 4) is 0 Å². The number of pyridine rings is 1. The van der Waals surface area contributed by atoms with Gasteiger partial charge in [-0.05, 0) is 43.2 Å². The molecule has 28 heavy (non-hydrogen) atoms. The average molecular weight is 443 g/mol. The first kappa shape index (κ1) is 19.8. The molecule has 1 N–H and O–H groups in total. The Kier molecular flexibility index (Phi) is 6.20. The highest BCUT2D eigenvalue weighted by atomic mass is 79.9. The summed E-state index contributed by atoms with van der Waals surface area (Å²) < 4.78 is 7.52. The number of carbonyl (C=O) groups is 1. The summed E-state index contributed by atoms with van der Waals surface area (Å²) in [6, 6.07) is 10.7. The van der Waals surface area contributed by atoms with Gasteiger partial charge in [0.25, 0.3) is 5.56 Å². The molecule has 0 radical (unpaired) electrons. The first-order valence-electron chi connectivity index (χ1n) is 8.69. The monoisotopic (exact) mass is 442 g/mol. The fraction of sp³-hybridized carbons (Fsp3) is 0.200. The molecule has 0 bridgehead atoms. The van der Waals surface area contributed by atoms with Crippen LogP contribution in [0.2, 0.25) is 0 Å². The van der Waals surface area contributed by atoms with Crippen LogP contribution >= 0.6 is 15.9 Å². The molecule has 2 heterocycles. The molecule has 0 atom stereocenters. The first-order chi connectivity index (χ1) is 13.5. The molecule has 3 aromatic rings. The van der Waals surface area contributed by atoms with Crippen LogP contribution in [0.3, 0.4) is 0 Å². The van der Waals surface area contributed by atoms with Gasteiger partial charge in [-0.2, -0.15) is 5.10 Å². The van der Waals surface area contributed by atoms with Crippen LogP contribution in [0, 0.1) is 6.92 Å². The summed E-state index contributed by atoms with van der Waals surface area (Å²) in [7, 11) is 0. The minimum Gasteiger partial charge on any atom is -0.456 e. The molecule has 0 unspecified atom stereocenters. The van der Waals surface area contributed by atoms with E-state index in [4.69, 9.17) is 4.74 Å². The number of esters is 1. The smallest absolute Gasteiger partial charge is 0.359 e. The van der Waals surface area contributed by atoms with Crippen molar-refractivity contribution in [1.29, 1.82) is 0 Å². The molecule has 0 aliphatic carbocycles. The number of nitrogens with one attached hydrogen (secondary N) is 1. The van der Waals surface area contributed by atoms with E-state index in [9.17, 15) is 9.59 Å². The van der Waals surface area contributed by atoms with Gasteiger partial charge in [0.2, 0.25) is 0 Å². The number of anilines is 2. The average Bonchev–Trinajstić information content (AvgIpc) is 2.70. The van der Waals surface area contributed by atoms with Crippen molar-refractivity contribution in [3.05, 3.63) is 80.4 Å². The predicted octanol–water partition coefficient (Wildman–Crippen LogP) is 3.83. The van der Waals surface area contributed by atoms with Crippen LogP contribution in [0.4, 0.5) is 11.4 Å². The van der Waals surface area contributed by atoms with Gasteiger partial charge in [0, 0.05) is 23.3 Å². The minimum atomic E-state index is -0.601. The number of benzene rings is 1. The van der Waals surface area contributed by atoms with E-state index >= 15 is 0 Å². The van der Waals surface area contributed by atoms with E-state index in [1.807, 2.05) is 37.3 Å². The van der Waals surface area contributed by atoms with Crippen LogP contribution in [0.25, 0.3) is 0 Å². The molecule has 0 amide bonds. The topological polar surface area (TPSA) is 86.1 Å². The van der Waals surface area contributed by atoms with Gasteiger partial charge in [-0.3, -0.25) is 9.78 Å². The number of aryl methyl sites for hydroxylation is 2. The summed E-state index contributed by atoms with van der Waals surface area (Å²) >= 11 is 3.36. The number of aromatic nitrogens is 3. The van der Waals surface area contributed by atoms with Crippen molar-refractivity contribution in [3.63, 3.8) is 0 Å². The zero-order chi connectivity index (χ0) is 20.1. The SMILES string of the molecule is CCn1nc(C(=O)OCc2ccc(Br)cc2)cc(Nc2cnccc2C)c1=O. The quantitative estimate of drug-likeness (QED) is 0.583. The third kappa shape index (κ3) is 4.64. The molecule has 0 aliphatic heterocycles. The molecule has 3 rings (SSSR count). The van der Waals surface area contributed by atoms with E-state index in [0.717, 1.165) is 15.6 Å². The minimum absolute atomic E-state index is 0.0580. The van der Waals surface area contributed by atoms with Crippen molar-refractivity contribution < 1.29 is 9.53 Å². The lowest BCUT2D eigenvalue weighted by molar-refractivity contribution is 0.0462. The summed E-state index contributed by atoms with van der Waals surface area (Å²) in [6.45, 7) is 4.12. The maximum Gasteiger partial charge on any atom is 0.359 e. The molecule has 0 saturated carbocycles. The highest BCUT2D eigenvalue weighted by Gasteiger charge is 2.16. The number of hydrogen-bond acceptors (Lipinski definition) is 6. The van der Waals surface area contributed by atoms with Crippen LogP contribution in [0.1, 0.15) is 28.5 Å². The summed E-state index contributed by atoms with van der Waals surface area (Å²) in [6.07, 6.45) is 3.29. The molecule has 0 aliphatic rings. The lowest BCUT2D eigenvalue weighted by Gasteiger charge is -2.12. The Balaban J connectivity index is 1.84. The van der Waals surface area contributed by atoms with E-state index in [2.05, 4.69) is 31.3 Å². The summed E-state index contributed by atoms with van der Waals surface area (Å²) in [5.41, 5.74) is 2.43. The predicted molar refractivity (Wildman–Crippen MR) is 110 cm³/mol. The Morgan fingerprint density at radius 3 is 2.64 bits per heavy atom. The molecule has 0 saturated heterocycles. The molecular weight excluding hydrogens is 424 g/mol. The van der Waals surface area contributed by atoms with Gasteiger partial charge in [0.15, 0.2) is 5.69 Å². The van der Waals surface area contributed by atoms with Crippen molar-refractivity contribution >= 4 is 33.3 Å². The fourth-order valence-corrected chi connectivity index (χ4v) is 2.75.